The fraction of sp³-hybridized carbons (Fsp3) is 0.143. The van der Waals surface area contributed by atoms with Gasteiger partial charge in [-0.05, 0) is 30.7 Å². The van der Waals surface area contributed by atoms with E-state index >= 15 is 0 Å². The van der Waals surface area contributed by atoms with Crippen molar-refractivity contribution in [3.8, 4) is 5.88 Å². The van der Waals surface area contributed by atoms with Gasteiger partial charge in [-0.3, -0.25) is 4.79 Å². The van der Waals surface area contributed by atoms with Crippen LogP contribution in [-0.2, 0) is 0 Å². The summed E-state index contributed by atoms with van der Waals surface area (Å²) in [4.78, 5) is 16.9. The van der Waals surface area contributed by atoms with Crippen LogP contribution in [0.25, 0.3) is 0 Å². The molecule has 0 fully saturated rings. The van der Waals surface area contributed by atoms with Gasteiger partial charge in [0.2, 0.25) is 5.88 Å². The second kappa shape index (κ2) is 5.75. The molecule has 1 heterocycles. The van der Waals surface area contributed by atoms with Crippen LogP contribution in [0.3, 0.4) is 0 Å². The van der Waals surface area contributed by atoms with Crippen molar-refractivity contribution in [2.75, 3.05) is 12.4 Å². The van der Waals surface area contributed by atoms with E-state index in [0.717, 1.165) is 10.5 Å². The van der Waals surface area contributed by atoms with Gasteiger partial charge in [0.25, 0.3) is 5.91 Å². The van der Waals surface area contributed by atoms with Crippen LogP contribution in [0.4, 0.5) is 5.69 Å². The lowest BCUT2D eigenvalue weighted by atomic mass is 10.1. The van der Waals surface area contributed by atoms with Gasteiger partial charge < -0.3 is 10.1 Å². The molecule has 98 valence electrons. The van der Waals surface area contributed by atoms with Gasteiger partial charge in [0.1, 0.15) is 0 Å². The lowest BCUT2D eigenvalue weighted by Gasteiger charge is -2.08. The molecule has 4 nitrogen and oxygen atoms in total. The molecule has 0 atom stereocenters. The summed E-state index contributed by atoms with van der Waals surface area (Å²) < 4.78 is 4.96. The van der Waals surface area contributed by atoms with Crippen LogP contribution >= 0.6 is 12.6 Å². The first-order valence-electron chi connectivity index (χ1n) is 5.71. The highest BCUT2D eigenvalue weighted by atomic mass is 32.1. The number of rotatable bonds is 3. The average Bonchev–Trinajstić information content (AvgIpc) is 2.42. The Morgan fingerprint density at radius 1 is 1.32 bits per heavy atom. The number of aryl methyl sites for hydroxylation is 1. The molecule has 0 saturated carbocycles. The van der Waals surface area contributed by atoms with E-state index in [1.54, 1.807) is 31.5 Å². The first-order valence-corrected chi connectivity index (χ1v) is 6.16. The number of benzene rings is 1. The maximum absolute atomic E-state index is 12.1. The van der Waals surface area contributed by atoms with Crippen molar-refractivity contribution in [3.63, 3.8) is 0 Å². The highest BCUT2D eigenvalue weighted by molar-refractivity contribution is 7.80. The third kappa shape index (κ3) is 3.26. The maximum atomic E-state index is 12.1. The summed E-state index contributed by atoms with van der Waals surface area (Å²) in [5, 5.41) is 2.79. The normalized spacial score (nSPS) is 10.1. The van der Waals surface area contributed by atoms with E-state index in [-0.39, 0.29) is 5.91 Å². The van der Waals surface area contributed by atoms with Gasteiger partial charge in [-0.1, -0.05) is 6.07 Å². The monoisotopic (exact) mass is 274 g/mol. The van der Waals surface area contributed by atoms with Gasteiger partial charge in [0, 0.05) is 16.5 Å². The summed E-state index contributed by atoms with van der Waals surface area (Å²) in [5.74, 6) is 0.326. The van der Waals surface area contributed by atoms with E-state index in [2.05, 4.69) is 22.9 Å². The molecule has 0 aliphatic rings. The maximum Gasteiger partial charge on any atom is 0.256 e. The van der Waals surface area contributed by atoms with Crippen LogP contribution in [0.2, 0.25) is 0 Å². The quantitative estimate of drug-likeness (QED) is 0.846. The van der Waals surface area contributed by atoms with Crippen LogP contribution in [0.5, 0.6) is 5.88 Å². The Morgan fingerprint density at radius 2 is 2.11 bits per heavy atom. The number of aromatic nitrogens is 1. The van der Waals surface area contributed by atoms with Crippen molar-refractivity contribution >= 4 is 24.2 Å². The van der Waals surface area contributed by atoms with Gasteiger partial charge in [0.15, 0.2) is 0 Å². The predicted molar refractivity (Wildman–Crippen MR) is 77.2 cm³/mol. The van der Waals surface area contributed by atoms with Gasteiger partial charge in [-0.15, -0.1) is 12.6 Å². The molecule has 0 unspecified atom stereocenters. The summed E-state index contributed by atoms with van der Waals surface area (Å²) in [6, 6.07) is 8.89. The van der Waals surface area contributed by atoms with Crippen molar-refractivity contribution in [2.24, 2.45) is 0 Å². The van der Waals surface area contributed by atoms with Gasteiger partial charge in [-0.25, -0.2) is 4.98 Å². The molecule has 5 heteroatoms. The summed E-state index contributed by atoms with van der Waals surface area (Å²) >= 11 is 4.24. The van der Waals surface area contributed by atoms with Gasteiger partial charge in [0.05, 0.1) is 19.0 Å². The topological polar surface area (TPSA) is 51.2 Å². The molecular weight excluding hydrogens is 260 g/mol. The molecule has 0 radical (unpaired) electrons. The zero-order valence-corrected chi connectivity index (χ0v) is 11.6. The lowest BCUT2D eigenvalue weighted by Crippen LogP contribution is -2.13. The van der Waals surface area contributed by atoms with E-state index in [9.17, 15) is 4.79 Å². The van der Waals surface area contributed by atoms with E-state index in [1.165, 1.54) is 0 Å². The molecule has 19 heavy (non-hydrogen) atoms. The van der Waals surface area contributed by atoms with Crippen LogP contribution in [0.1, 0.15) is 15.9 Å². The summed E-state index contributed by atoms with van der Waals surface area (Å²) in [6.45, 7) is 1.88. The van der Waals surface area contributed by atoms with Crippen molar-refractivity contribution in [1.82, 2.24) is 4.98 Å². The molecular formula is C14H14N2O2S. The number of nitrogens with one attached hydrogen (secondary N) is 1. The molecule has 1 aromatic carbocycles. The summed E-state index contributed by atoms with van der Waals surface area (Å²) in [7, 11) is 1.54. The smallest absolute Gasteiger partial charge is 0.256 e. The summed E-state index contributed by atoms with van der Waals surface area (Å²) in [6.07, 6.45) is 1.55. The number of hydrogen-bond donors (Lipinski definition) is 2. The van der Waals surface area contributed by atoms with Crippen molar-refractivity contribution in [1.29, 1.82) is 0 Å². The Bertz CT molecular complexity index is 597. The number of methoxy groups -OCH3 is 1. The van der Waals surface area contributed by atoms with E-state index in [0.29, 0.717) is 17.1 Å². The summed E-state index contributed by atoms with van der Waals surface area (Å²) in [5.41, 5.74) is 2.12. The molecule has 0 bridgehead atoms. The molecule has 0 spiro atoms. The largest absolute Gasteiger partial charge is 0.481 e. The van der Waals surface area contributed by atoms with Crippen LogP contribution < -0.4 is 10.1 Å². The van der Waals surface area contributed by atoms with Crippen LogP contribution in [-0.4, -0.2) is 18.0 Å². The number of anilines is 1. The number of amides is 1. The Balaban J connectivity index is 2.18. The van der Waals surface area contributed by atoms with Crippen molar-refractivity contribution in [3.05, 3.63) is 47.7 Å². The SMILES string of the molecule is COc1ccc(NC(=O)c2cc(S)ccc2C)cn1. The van der Waals surface area contributed by atoms with Crippen molar-refractivity contribution in [2.45, 2.75) is 11.8 Å². The average molecular weight is 274 g/mol. The zero-order chi connectivity index (χ0) is 13.8. The minimum absolute atomic E-state index is 0.180. The first kappa shape index (κ1) is 13.4. The Hall–Kier alpha value is -2.01. The molecule has 1 amide bonds. The molecule has 1 N–H and O–H groups in total. The van der Waals surface area contributed by atoms with E-state index < -0.39 is 0 Å². The lowest BCUT2D eigenvalue weighted by molar-refractivity contribution is 0.102. The van der Waals surface area contributed by atoms with Crippen LogP contribution in [0, 0.1) is 6.92 Å². The number of pyridine rings is 1. The number of ether oxygens (including phenoxy) is 1. The van der Waals surface area contributed by atoms with Gasteiger partial charge >= 0.3 is 0 Å². The highest BCUT2D eigenvalue weighted by Crippen LogP contribution is 2.17. The molecule has 0 aliphatic heterocycles. The highest BCUT2D eigenvalue weighted by Gasteiger charge is 2.09. The van der Waals surface area contributed by atoms with Crippen LogP contribution in [0.15, 0.2) is 41.4 Å². The standard InChI is InChI=1S/C14H14N2O2S/c1-9-3-5-11(19)7-12(9)14(17)16-10-4-6-13(18-2)15-8-10/h3-8,19H,1-2H3,(H,16,17). The second-order valence-electron chi connectivity index (χ2n) is 4.04. The Labute approximate surface area is 117 Å². The minimum atomic E-state index is -0.180. The molecule has 2 aromatic rings. The fourth-order valence-corrected chi connectivity index (χ4v) is 1.83. The minimum Gasteiger partial charge on any atom is -0.481 e. The molecule has 2 rings (SSSR count). The number of carbonyl (C=O) groups excluding carboxylic acids is 1. The number of hydrogen-bond acceptors (Lipinski definition) is 4. The molecule has 0 saturated heterocycles. The van der Waals surface area contributed by atoms with E-state index in [1.807, 2.05) is 19.1 Å². The molecule has 0 aliphatic carbocycles. The number of thiol groups is 1. The molecule has 1 aromatic heterocycles. The number of nitrogens with zero attached hydrogens (tertiary/aromatic N) is 1. The number of carbonyl (C=O) groups is 1. The van der Waals surface area contributed by atoms with Crippen molar-refractivity contribution < 1.29 is 9.53 Å². The first-order chi connectivity index (χ1) is 9.10. The van der Waals surface area contributed by atoms with E-state index in [4.69, 9.17) is 4.74 Å². The Morgan fingerprint density at radius 3 is 2.74 bits per heavy atom. The fourth-order valence-electron chi connectivity index (χ4n) is 1.63. The third-order valence-corrected chi connectivity index (χ3v) is 2.95. The van der Waals surface area contributed by atoms with Gasteiger partial charge in [-0.2, -0.15) is 0 Å². The second-order valence-corrected chi connectivity index (χ2v) is 4.56. The Kier molecular flexibility index (Phi) is 4.06. The third-order valence-electron chi connectivity index (χ3n) is 2.67. The predicted octanol–water partition coefficient (Wildman–Crippen LogP) is 2.94. The zero-order valence-electron chi connectivity index (χ0n) is 10.7.